The molecular weight excluding hydrogens is 229 g/mol. The number of rotatable bonds is 5. The van der Waals surface area contributed by atoms with Crippen LogP contribution >= 0.6 is 0 Å². The van der Waals surface area contributed by atoms with Crippen molar-refractivity contribution in [3.8, 4) is 5.75 Å². The highest BCUT2D eigenvalue weighted by atomic mass is 19.1. The molecule has 0 aromatic heterocycles. The van der Waals surface area contributed by atoms with Crippen LogP contribution in [0.25, 0.3) is 0 Å². The number of halogens is 1. The Hall–Kier alpha value is -1.09. The molecule has 0 spiro atoms. The Morgan fingerprint density at radius 3 is 3.00 bits per heavy atom. The van der Waals surface area contributed by atoms with E-state index in [4.69, 9.17) is 4.74 Å². The second kappa shape index (κ2) is 6.19. The molecule has 0 saturated heterocycles. The summed E-state index contributed by atoms with van der Waals surface area (Å²) in [5, 5.41) is 3.50. The standard InChI is InChI=1S/C15H22FNO/c1-3-8-17-12-5-6-13(10-12)18-15-9-11(2)4-7-14(15)16/h4,7,9,12-13,17H,3,5-6,8,10H2,1-2H3. The van der Waals surface area contributed by atoms with Gasteiger partial charge in [0, 0.05) is 6.04 Å². The van der Waals surface area contributed by atoms with Crippen molar-refractivity contribution in [3.05, 3.63) is 29.6 Å². The highest BCUT2D eigenvalue weighted by molar-refractivity contribution is 5.29. The molecule has 0 radical (unpaired) electrons. The molecule has 0 amide bonds. The molecule has 1 fully saturated rings. The Morgan fingerprint density at radius 2 is 2.22 bits per heavy atom. The Labute approximate surface area is 109 Å². The van der Waals surface area contributed by atoms with Crippen molar-refractivity contribution in [2.45, 2.75) is 51.7 Å². The molecule has 0 aliphatic heterocycles. The summed E-state index contributed by atoms with van der Waals surface area (Å²) in [5.74, 6) is 0.140. The van der Waals surface area contributed by atoms with Gasteiger partial charge in [0.15, 0.2) is 11.6 Å². The second-order valence-corrected chi connectivity index (χ2v) is 5.14. The molecule has 100 valence electrons. The lowest BCUT2D eigenvalue weighted by atomic mass is 10.2. The molecule has 2 rings (SSSR count). The van der Waals surface area contributed by atoms with Crippen molar-refractivity contribution in [1.29, 1.82) is 0 Å². The highest BCUT2D eigenvalue weighted by Crippen LogP contribution is 2.27. The van der Waals surface area contributed by atoms with E-state index in [1.54, 1.807) is 12.1 Å². The van der Waals surface area contributed by atoms with Gasteiger partial charge in [-0.2, -0.15) is 0 Å². The van der Waals surface area contributed by atoms with Crippen LogP contribution in [0.15, 0.2) is 18.2 Å². The van der Waals surface area contributed by atoms with Gasteiger partial charge < -0.3 is 10.1 Å². The van der Waals surface area contributed by atoms with Crippen molar-refractivity contribution >= 4 is 0 Å². The van der Waals surface area contributed by atoms with Crippen LogP contribution in [0, 0.1) is 12.7 Å². The van der Waals surface area contributed by atoms with Gasteiger partial charge in [0.2, 0.25) is 0 Å². The third kappa shape index (κ3) is 3.45. The smallest absolute Gasteiger partial charge is 0.165 e. The van der Waals surface area contributed by atoms with Crippen LogP contribution in [0.4, 0.5) is 4.39 Å². The van der Waals surface area contributed by atoms with E-state index in [1.165, 1.54) is 6.07 Å². The van der Waals surface area contributed by atoms with Crippen LogP contribution in [0.3, 0.4) is 0 Å². The van der Waals surface area contributed by atoms with Crippen molar-refractivity contribution < 1.29 is 9.13 Å². The minimum absolute atomic E-state index is 0.149. The molecule has 0 bridgehead atoms. The van der Waals surface area contributed by atoms with E-state index < -0.39 is 0 Å². The fourth-order valence-electron chi connectivity index (χ4n) is 2.46. The molecule has 3 heteroatoms. The zero-order valence-corrected chi connectivity index (χ0v) is 11.2. The monoisotopic (exact) mass is 251 g/mol. The summed E-state index contributed by atoms with van der Waals surface area (Å²) in [6, 6.07) is 5.56. The number of nitrogens with one attached hydrogen (secondary N) is 1. The molecule has 1 aromatic rings. The molecule has 2 atom stereocenters. The molecule has 2 unspecified atom stereocenters. The van der Waals surface area contributed by atoms with Gasteiger partial charge in [-0.25, -0.2) is 4.39 Å². The van der Waals surface area contributed by atoms with Crippen LogP contribution in [0.5, 0.6) is 5.75 Å². The SMILES string of the molecule is CCCNC1CCC(Oc2cc(C)ccc2F)C1. The molecule has 1 aliphatic rings. The van der Waals surface area contributed by atoms with Crippen molar-refractivity contribution in [3.63, 3.8) is 0 Å². The first kappa shape index (κ1) is 13.3. The Kier molecular flexibility index (Phi) is 4.59. The van der Waals surface area contributed by atoms with Crippen molar-refractivity contribution in [2.75, 3.05) is 6.54 Å². The largest absolute Gasteiger partial charge is 0.487 e. The van der Waals surface area contributed by atoms with Gasteiger partial charge in [-0.1, -0.05) is 13.0 Å². The summed E-state index contributed by atoms with van der Waals surface area (Å²) in [7, 11) is 0. The summed E-state index contributed by atoms with van der Waals surface area (Å²) >= 11 is 0. The van der Waals surface area contributed by atoms with E-state index in [0.717, 1.165) is 37.8 Å². The van der Waals surface area contributed by atoms with Crippen molar-refractivity contribution in [2.24, 2.45) is 0 Å². The van der Waals surface area contributed by atoms with Gasteiger partial charge in [0.1, 0.15) is 6.10 Å². The minimum Gasteiger partial charge on any atom is -0.487 e. The highest BCUT2D eigenvalue weighted by Gasteiger charge is 2.26. The minimum atomic E-state index is -0.259. The first-order valence-corrected chi connectivity index (χ1v) is 6.85. The molecule has 1 aliphatic carbocycles. The first-order chi connectivity index (χ1) is 8.69. The number of hydrogen-bond acceptors (Lipinski definition) is 2. The zero-order valence-electron chi connectivity index (χ0n) is 11.2. The lowest BCUT2D eigenvalue weighted by Gasteiger charge is -2.15. The average Bonchev–Trinajstić information content (AvgIpc) is 2.79. The number of aryl methyl sites for hydroxylation is 1. The molecular formula is C15H22FNO. The predicted molar refractivity (Wildman–Crippen MR) is 71.5 cm³/mol. The van der Waals surface area contributed by atoms with Crippen molar-refractivity contribution in [1.82, 2.24) is 5.32 Å². The van der Waals surface area contributed by atoms with Gasteiger partial charge in [0.25, 0.3) is 0 Å². The molecule has 0 heterocycles. The maximum absolute atomic E-state index is 13.6. The normalized spacial score (nSPS) is 23.3. The van der Waals surface area contributed by atoms with Gasteiger partial charge in [-0.3, -0.25) is 0 Å². The topological polar surface area (TPSA) is 21.3 Å². The molecule has 1 aromatic carbocycles. The van der Waals surface area contributed by atoms with E-state index >= 15 is 0 Å². The maximum Gasteiger partial charge on any atom is 0.165 e. The number of hydrogen-bond donors (Lipinski definition) is 1. The molecule has 2 nitrogen and oxygen atoms in total. The third-order valence-electron chi connectivity index (χ3n) is 3.45. The van der Waals surface area contributed by atoms with E-state index in [9.17, 15) is 4.39 Å². The van der Waals surface area contributed by atoms with Crippen LogP contribution in [-0.4, -0.2) is 18.7 Å². The van der Waals surface area contributed by atoms with E-state index in [0.29, 0.717) is 11.8 Å². The summed E-state index contributed by atoms with van der Waals surface area (Å²) in [6.45, 7) is 5.17. The quantitative estimate of drug-likeness (QED) is 0.865. The lowest BCUT2D eigenvalue weighted by Crippen LogP contribution is -2.28. The first-order valence-electron chi connectivity index (χ1n) is 6.85. The number of benzene rings is 1. The third-order valence-corrected chi connectivity index (χ3v) is 3.45. The fraction of sp³-hybridized carbons (Fsp3) is 0.600. The Bertz CT molecular complexity index is 394. The van der Waals surface area contributed by atoms with Crippen LogP contribution in [0.2, 0.25) is 0 Å². The van der Waals surface area contributed by atoms with Gasteiger partial charge in [-0.15, -0.1) is 0 Å². The van der Waals surface area contributed by atoms with Crippen LogP contribution in [0.1, 0.15) is 38.2 Å². The maximum atomic E-state index is 13.6. The summed E-state index contributed by atoms with van der Waals surface area (Å²) in [5.41, 5.74) is 1.03. The lowest BCUT2D eigenvalue weighted by molar-refractivity contribution is 0.197. The van der Waals surface area contributed by atoms with E-state index in [1.807, 2.05) is 6.92 Å². The average molecular weight is 251 g/mol. The Morgan fingerprint density at radius 1 is 1.39 bits per heavy atom. The van der Waals surface area contributed by atoms with Gasteiger partial charge in [-0.05, 0) is 56.8 Å². The zero-order chi connectivity index (χ0) is 13.0. The van der Waals surface area contributed by atoms with Crippen LogP contribution in [-0.2, 0) is 0 Å². The number of ether oxygens (including phenoxy) is 1. The molecule has 1 saturated carbocycles. The summed E-state index contributed by atoms with van der Waals surface area (Å²) in [6.07, 6.45) is 4.41. The summed E-state index contributed by atoms with van der Waals surface area (Å²) < 4.78 is 19.4. The Balaban J connectivity index is 1.89. The van der Waals surface area contributed by atoms with Crippen LogP contribution < -0.4 is 10.1 Å². The fourth-order valence-corrected chi connectivity index (χ4v) is 2.46. The second-order valence-electron chi connectivity index (χ2n) is 5.14. The van der Waals surface area contributed by atoms with E-state index in [2.05, 4.69) is 12.2 Å². The van der Waals surface area contributed by atoms with Gasteiger partial charge >= 0.3 is 0 Å². The van der Waals surface area contributed by atoms with E-state index in [-0.39, 0.29) is 11.9 Å². The molecule has 1 N–H and O–H groups in total. The molecule has 18 heavy (non-hydrogen) atoms. The van der Waals surface area contributed by atoms with Gasteiger partial charge in [0.05, 0.1) is 0 Å². The predicted octanol–water partition coefficient (Wildman–Crippen LogP) is 3.43. The summed E-state index contributed by atoms with van der Waals surface area (Å²) in [4.78, 5) is 0.